The van der Waals surface area contributed by atoms with E-state index in [4.69, 9.17) is 0 Å². The number of rotatable bonds is 4. The van der Waals surface area contributed by atoms with Crippen LogP contribution >= 0.6 is 0 Å². The van der Waals surface area contributed by atoms with E-state index in [9.17, 15) is 4.79 Å². The maximum absolute atomic E-state index is 12.4. The number of carbonyl (C=O) groups is 1. The molecule has 0 spiro atoms. The highest BCUT2D eigenvalue weighted by molar-refractivity contribution is 5.98. The molecule has 2 heteroatoms. The first-order valence-electron chi connectivity index (χ1n) is 7.36. The number of fused-ring (bicyclic) bond motifs is 1. The number of hydrogen-bond acceptors (Lipinski definition) is 2. The molecule has 2 rings (SSSR count). The van der Waals surface area contributed by atoms with Crippen LogP contribution in [0.25, 0.3) is 0 Å². The molecule has 1 aromatic carbocycles. The van der Waals surface area contributed by atoms with Gasteiger partial charge < -0.3 is 5.32 Å². The van der Waals surface area contributed by atoms with Crippen molar-refractivity contribution in [1.29, 1.82) is 0 Å². The predicted molar refractivity (Wildman–Crippen MR) is 80.9 cm³/mol. The van der Waals surface area contributed by atoms with E-state index in [-0.39, 0.29) is 0 Å². The standard InChI is InChI=1S/C17H25NO/c1-17(2,3)11-5-10-16(19)14-7-4-9-15-13(14)8-6-12-18-15/h4,7,9,18H,5-6,8,10-12H2,1-3H3. The van der Waals surface area contributed by atoms with Crippen LogP contribution in [0.2, 0.25) is 0 Å². The summed E-state index contributed by atoms with van der Waals surface area (Å²) in [5.41, 5.74) is 3.65. The molecule has 0 fully saturated rings. The molecular formula is C17H25NO. The van der Waals surface area contributed by atoms with Gasteiger partial charge in [0.25, 0.3) is 0 Å². The fourth-order valence-corrected chi connectivity index (χ4v) is 2.69. The van der Waals surface area contributed by atoms with Gasteiger partial charge in [0, 0.05) is 24.2 Å². The Kier molecular flexibility index (Phi) is 4.28. The highest BCUT2D eigenvalue weighted by Crippen LogP contribution is 2.27. The molecule has 0 atom stereocenters. The van der Waals surface area contributed by atoms with Gasteiger partial charge in [0.15, 0.2) is 5.78 Å². The normalized spacial score (nSPS) is 14.7. The van der Waals surface area contributed by atoms with Crippen LogP contribution in [0.15, 0.2) is 18.2 Å². The lowest BCUT2D eigenvalue weighted by Crippen LogP contribution is -2.15. The minimum absolute atomic E-state index is 0.310. The number of benzene rings is 1. The average Bonchev–Trinajstić information content (AvgIpc) is 2.36. The Morgan fingerprint density at radius 3 is 2.84 bits per heavy atom. The summed E-state index contributed by atoms with van der Waals surface area (Å²) in [5, 5.41) is 3.39. The summed E-state index contributed by atoms with van der Waals surface area (Å²) >= 11 is 0. The quantitative estimate of drug-likeness (QED) is 0.810. The second-order valence-corrected chi connectivity index (χ2v) is 6.70. The summed E-state index contributed by atoms with van der Waals surface area (Å²) in [4.78, 5) is 12.4. The van der Waals surface area contributed by atoms with Crippen LogP contribution in [0.1, 0.15) is 62.4 Å². The fourth-order valence-electron chi connectivity index (χ4n) is 2.69. The van der Waals surface area contributed by atoms with E-state index in [1.54, 1.807) is 0 Å². The minimum Gasteiger partial charge on any atom is -0.385 e. The SMILES string of the molecule is CC(C)(C)CCCC(=O)c1cccc2c1CCCN2. The minimum atomic E-state index is 0.310. The van der Waals surface area contributed by atoms with E-state index >= 15 is 0 Å². The predicted octanol–water partition coefficient (Wildman–Crippen LogP) is 4.44. The van der Waals surface area contributed by atoms with Gasteiger partial charge in [0.1, 0.15) is 0 Å². The summed E-state index contributed by atoms with van der Waals surface area (Å²) in [7, 11) is 0. The third-order valence-electron chi connectivity index (χ3n) is 3.73. The molecule has 0 bridgehead atoms. The number of Topliss-reactive ketones (excluding diaryl/α,β-unsaturated/α-hetero) is 1. The van der Waals surface area contributed by atoms with E-state index in [2.05, 4.69) is 32.2 Å². The second-order valence-electron chi connectivity index (χ2n) is 6.70. The van der Waals surface area contributed by atoms with Crippen molar-refractivity contribution in [2.75, 3.05) is 11.9 Å². The molecule has 1 aliphatic heterocycles. The summed E-state index contributed by atoms with van der Waals surface area (Å²) < 4.78 is 0. The van der Waals surface area contributed by atoms with Gasteiger partial charge >= 0.3 is 0 Å². The fraction of sp³-hybridized carbons (Fsp3) is 0.588. The van der Waals surface area contributed by atoms with E-state index in [0.717, 1.165) is 43.5 Å². The molecule has 1 heterocycles. The monoisotopic (exact) mass is 259 g/mol. The van der Waals surface area contributed by atoms with Gasteiger partial charge in [0.05, 0.1) is 0 Å². The molecule has 0 aromatic heterocycles. The van der Waals surface area contributed by atoms with Gasteiger partial charge in [-0.1, -0.05) is 32.9 Å². The van der Waals surface area contributed by atoms with Crippen LogP contribution in [0, 0.1) is 5.41 Å². The number of nitrogens with one attached hydrogen (secondary N) is 1. The highest BCUT2D eigenvalue weighted by Gasteiger charge is 2.18. The van der Waals surface area contributed by atoms with Crippen LogP contribution in [-0.4, -0.2) is 12.3 Å². The summed E-state index contributed by atoms with van der Waals surface area (Å²) in [6.07, 6.45) is 4.92. The molecule has 1 aromatic rings. The van der Waals surface area contributed by atoms with Crippen molar-refractivity contribution in [1.82, 2.24) is 0 Å². The van der Waals surface area contributed by atoms with Gasteiger partial charge in [-0.25, -0.2) is 0 Å². The van der Waals surface area contributed by atoms with Crippen LogP contribution in [0.3, 0.4) is 0 Å². The van der Waals surface area contributed by atoms with Crippen molar-refractivity contribution in [3.05, 3.63) is 29.3 Å². The topological polar surface area (TPSA) is 29.1 Å². The number of anilines is 1. The van der Waals surface area contributed by atoms with Gasteiger partial charge in [-0.3, -0.25) is 4.79 Å². The van der Waals surface area contributed by atoms with Crippen molar-refractivity contribution in [2.45, 2.75) is 52.9 Å². The Hall–Kier alpha value is -1.31. The van der Waals surface area contributed by atoms with Crippen molar-refractivity contribution in [3.63, 3.8) is 0 Å². The van der Waals surface area contributed by atoms with Gasteiger partial charge in [-0.05, 0) is 42.7 Å². The lowest BCUT2D eigenvalue weighted by molar-refractivity contribution is 0.0975. The molecule has 1 N–H and O–H groups in total. The lowest BCUT2D eigenvalue weighted by Gasteiger charge is -2.21. The second kappa shape index (κ2) is 5.77. The van der Waals surface area contributed by atoms with Crippen LogP contribution in [0.5, 0.6) is 0 Å². The van der Waals surface area contributed by atoms with E-state index in [0.29, 0.717) is 17.6 Å². The third kappa shape index (κ3) is 3.82. The van der Waals surface area contributed by atoms with Crippen molar-refractivity contribution in [2.24, 2.45) is 5.41 Å². The van der Waals surface area contributed by atoms with Gasteiger partial charge in [0.2, 0.25) is 0 Å². The summed E-state index contributed by atoms with van der Waals surface area (Å²) in [6.45, 7) is 7.71. The molecule has 1 aliphatic rings. The summed E-state index contributed by atoms with van der Waals surface area (Å²) in [5.74, 6) is 0.310. The Bertz CT molecular complexity index is 457. The molecule has 2 nitrogen and oxygen atoms in total. The largest absolute Gasteiger partial charge is 0.385 e. The number of ketones is 1. The Morgan fingerprint density at radius 2 is 2.11 bits per heavy atom. The third-order valence-corrected chi connectivity index (χ3v) is 3.73. The first-order chi connectivity index (χ1) is 8.97. The number of carbonyl (C=O) groups excluding carboxylic acids is 1. The van der Waals surface area contributed by atoms with Gasteiger partial charge in [-0.2, -0.15) is 0 Å². The molecule has 104 valence electrons. The van der Waals surface area contributed by atoms with E-state index < -0.39 is 0 Å². The molecule has 19 heavy (non-hydrogen) atoms. The van der Waals surface area contributed by atoms with E-state index in [1.165, 1.54) is 5.56 Å². The van der Waals surface area contributed by atoms with Crippen molar-refractivity contribution < 1.29 is 4.79 Å². The first kappa shape index (κ1) is 14.1. The zero-order chi connectivity index (χ0) is 13.9. The first-order valence-corrected chi connectivity index (χ1v) is 7.36. The maximum atomic E-state index is 12.4. The van der Waals surface area contributed by atoms with Crippen LogP contribution in [0.4, 0.5) is 5.69 Å². The Labute approximate surface area is 116 Å². The Balaban J connectivity index is 2.03. The lowest BCUT2D eigenvalue weighted by atomic mass is 9.88. The molecule has 0 radical (unpaired) electrons. The zero-order valence-electron chi connectivity index (χ0n) is 12.4. The van der Waals surface area contributed by atoms with Gasteiger partial charge in [-0.15, -0.1) is 0 Å². The molecule has 0 saturated carbocycles. The maximum Gasteiger partial charge on any atom is 0.163 e. The molecule has 0 unspecified atom stereocenters. The average molecular weight is 259 g/mol. The Morgan fingerprint density at radius 1 is 1.32 bits per heavy atom. The highest BCUT2D eigenvalue weighted by atomic mass is 16.1. The molecule has 0 saturated heterocycles. The van der Waals surface area contributed by atoms with Crippen molar-refractivity contribution >= 4 is 11.5 Å². The molecular weight excluding hydrogens is 234 g/mol. The summed E-state index contributed by atoms with van der Waals surface area (Å²) in [6, 6.07) is 6.07. The molecule has 0 aliphatic carbocycles. The van der Waals surface area contributed by atoms with Crippen LogP contribution < -0.4 is 5.32 Å². The van der Waals surface area contributed by atoms with E-state index in [1.807, 2.05) is 12.1 Å². The number of hydrogen-bond donors (Lipinski definition) is 1. The molecule has 0 amide bonds. The zero-order valence-corrected chi connectivity index (χ0v) is 12.4. The smallest absolute Gasteiger partial charge is 0.163 e. The van der Waals surface area contributed by atoms with Crippen LogP contribution in [-0.2, 0) is 6.42 Å². The van der Waals surface area contributed by atoms with Crippen molar-refractivity contribution in [3.8, 4) is 0 Å².